The van der Waals surface area contributed by atoms with E-state index in [0.29, 0.717) is 19.3 Å². The van der Waals surface area contributed by atoms with Crippen LogP contribution in [0, 0.1) is 0 Å². The number of hydrogen-bond donors (Lipinski definition) is 12. The van der Waals surface area contributed by atoms with Gasteiger partial charge in [-0.2, -0.15) is 0 Å². The number of unbranched alkanes of at least 4 members (excludes halogenated alkanes) is 7. The van der Waals surface area contributed by atoms with Crippen LogP contribution in [0.25, 0.3) is 0 Å². The van der Waals surface area contributed by atoms with Gasteiger partial charge < -0.3 is 89.9 Å². The van der Waals surface area contributed by atoms with E-state index in [2.05, 4.69) is 141 Å². The fourth-order valence-corrected chi connectivity index (χ4v) is 9.51. The number of carbonyl (C=O) groups excluding carboxylic acids is 1. The number of nitrogens with one attached hydrogen (secondary N) is 1. The molecule has 0 aromatic carbocycles. The van der Waals surface area contributed by atoms with Crippen LogP contribution < -0.4 is 5.32 Å². The zero-order valence-corrected chi connectivity index (χ0v) is 49.8. The van der Waals surface area contributed by atoms with Crippen molar-refractivity contribution in [2.75, 3.05) is 26.4 Å². The first kappa shape index (κ1) is 74.4. The van der Waals surface area contributed by atoms with Gasteiger partial charge in [-0.15, -0.1) is 0 Å². The molecule has 3 fully saturated rings. The fraction of sp³-hybridized carbons (Fsp3) is 0.677. The Balaban J connectivity index is 1.37. The van der Waals surface area contributed by atoms with E-state index in [0.717, 1.165) is 109 Å². The Hall–Kier alpha value is -3.81. The predicted octanol–water partition coefficient (Wildman–Crippen LogP) is 6.09. The zero-order valence-electron chi connectivity index (χ0n) is 49.8. The van der Waals surface area contributed by atoms with Gasteiger partial charge in [0.1, 0.15) is 73.2 Å². The van der Waals surface area contributed by atoms with Crippen LogP contribution in [0.3, 0.4) is 0 Å². The van der Waals surface area contributed by atoms with Crippen molar-refractivity contribution in [2.24, 2.45) is 0 Å². The first-order valence-corrected chi connectivity index (χ1v) is 30.8. The van der Waals surface area contributed by atoms with Crippen molar-refractivity contribution < 1.29 is 89.4 Å². The molecule has 0 aromatic heterocycles. The van der Waals surface area contributed by atoms with Crippen LogP contribution in [0.4, 0.5) is 0 Å². The number of amides is 1. The molecule has 0 aliphatic carbocycles. The quantitative estimate of drug-likeness (QED) is 0.0243. The standard InChI is InChI=1S/C65H105NO18/c1-3-5-7-9-11-12-13-14-15-16-17-18-19-20-21-22-23-24-25-26-27-28-29-30-31-32-33-34-35-36-37-39-41-43-53(71)66-48(49(70)42-40-38-10-8-6-4-2)47-79-63-59(77)56(74)61(51(45-68)81-63)84-65-60(78)57(75)62(52(46-69)82-65)83-64-58(76)55(73)54(72)50(44-67)80-64/h5,7,11-12,14-15,17-18,20-21,23-24,26-27,29-30,32-33,35-36,48-52,54-65,67-70,72-78H,3-4,6,8-10,13,16,19,22,25,28,31,34,37-47H2,1-2H3,(H,66,71)/b7-5-,12-11-,15-14-,18-17-,21-20-,24-23-,27-26-,30-29-,33-32-,36-35-. The third-order valence-electron chi connectivity index (χ3n) is 14.6. The lowest BCUT2D eigenvalue weighted by molar-refractivity contribution is -0.379. The monoisotopic (exact) mass is 1190 g/mol. The summed E-state index contributed by atoms with van der Waals surface area (Å²) in [4.78, 5) is 13.2. The van der Waals surface area contributed by atoms with Gasteiger partial charge in [0.15, 0.2) is 18.9 Å². The number of carbonyl (C=O) groups is 1. The van der Waals surface area contributed by atoms with Crippen LogP contribution in [0.5, 0.6) is 0 Å². The maximum Gasteiger partial charge on any atom is 0.220 e. The van der Waals surface area contributed by atoms with Crippen LogP contribution in [0.2, 0.25) is 0 Å². The highest BCUT2D eigenvalue weighted by Gasteiger charge is 2.53. The van der Waals surface area contributed by atoms with E-state index in [4.69, 9.17) is 28.4 Å². The molecule has 17 atom stereocenters. The largest absolute Gasteiger partial charge is 0.394 e. The summed E-state index contributed by atoms with van der Waals surface area (Å²) in [5, 5.41) is 120. The molecule has 17 unspecified atom stereocenters. The summed E-state index contributed by atoms with van der Waals surface area (Å²) in [6.07, 6.45) is 35.0. The molecule has 3 aliphatic rings. The second-order valence-corrected chi connectivity index (χ2v) is 21.4. The van der Waals surface area contributed by atoms with Crippen molar-refractivity contribution in [3.8, 4) is 0 Å². The highest BCUT2D eigenvalue weighted by atomic mass is 16.8. The van der Waals surface area contributed by atoms with Gasteiger partial charge in [-0.1, -0.05) is 174 Å². The minimum Gasteiger partial charge on any atom is -0.394 e. The Morgan fingerprint density at radius 3 is 1.26 bits per heavy atom. The summed E-state index contributed by atoms with van der Waals surface area (Å²) in [7, 11) is 0. The first-order chi connectivity index (χ1) is 40.8. The van der Waals surface area contributed by atoms with E-state index in [-0.39, 0.29) is 18.9 Å². The van der Waals surface area contributed by atoms with Crippen LogP contribution >= 0.6 is 0 Å². The third-order valence-corrected chi connectivity index (χ3v) is 14.6. The van der Waals surface area contributed by atoms with E-state index in [9.17, 15) is 61.0 Å². The average Bonchev–Trinajstić information content (AvgIpc) is 2.27. The Morgan fingerprint density at radius 1 is 0.440 bits per heavy atom. The molecule has 0 saturated carbocycles. The minimum atomic E-state index is -1.98. The van der Waals surface area contributed by atoms with Crippen molar-refractivity contribution in [1.29, 1.82) is 0 Å². The van der Waals surface area contributed by atoms with Gasteiger partial charge in [0.25, 0.3) is 0 Å². The number of aliphatic hydroxyl groups is 11. The second kappa shape index (κ2) is 46.4. The SMILES string of the molecule is CC/C=C\C/C=C\C/C=C\C/C=C\C/C=C\C/C=C\C/C=C\C/C=C\C/C=C\C/C=C\CCCCC(=O)NC(COC1OC(CO)C(OC2OC(CO)C(OC3OC(CO)C(O)C(O)C3O)C(O)C2O)C(O)C1O)C(O)CCCCCCCC. The van der Waals surface area contributed by atoms with Crippen LogP contribution in [0.15, 0.2) is 122 Å². The van der Waals surface area contributed by atoms with Gasteiger partial charge in [0.05, 0.1) is 38.6 Å². The average molecular weight is 1190 g/mol. The summed E-state index contributed by atoms with van der Waals surface area (Å²) in [6, 6.07) is -0.916. The van der Waals surface area contributed by atoms with Crippen molar-refractivity contribution in [1.82, 2.24) is 5.32 Å². The molecule has 1 amide bonds. The Morgan fingerprint density at radius 2 is 0.821 bits per heavy atom. The Labute approximate surface area is 499 Å². The molecule has 0 radical (unpaired) electrons. The molecule has 19 nitrogen and oxygen atoms in total. The predicted molar refractivity (Wildman–Crippen MR) is 323 cm³/mol. The number of ether oxygens (including phenoxy) is 6. The summed E-state index contributed by atoms with van der Waals surface area (Å²) in [5.74, 6) is -0.298. The van der Waals surface area contributed by atoms with Gasteiger partial charge in [-0.25, -0.2) is 0 Å². The van der Waals surface area contributed by atoms with Gasteiger partial charge in [-0.05, 0) is 89.9 Å². The summed E-state index contributed by atoms with van der Waals surface area (Å²) < 4.78 is 34.1. The number of rotatable bonds is 43. The first-order valence-electron chi connectivity index (χ1n) is 30.8. The molecule has 0 aromatic rings. The van der Waals surface area contributed by atoms with Crippen LogP contribution in [-0.4, -0.2) is 193 Å². The van der Waals surface area contributed by atoms with Gasteiger partial charge in [-0.3, -0.25) is 4.79 Å². The number of aliphatic hydroxyl groups excluding tert-OH is 11. The van der Waals surface area contributed by atoms with Gasteiger partial charge in [0.2, 0.25) is 5.91 Å². The fourth-order valence-electron chi connectivity index (χ4n) is 9.51. The lowest BCUT2D eigenvalue weighted by Crippen LogP contribution is -2.66. The number of allylic oxidation sites excluding steroid dienone is 20. The lowest BCUT2D eigenvalue weighted by atomic mass is 9.96. The molecule has 3 heterocycles. The Bertz CT molecular complexity index is 2000. The Kier molecular flexibility index (Phi) is 41.1. The van der Waals surface area contributed by atoms with E-state index < -0.39 is 124 Å². The van der Waals surface area contributed by atoms with E-state index in [1.165, 1.54) is 0 Å². The van der Waals surface area contributed by atoms with E-state index >= 15 is 0 Å². The van der Waals surface area contributed by atoms with E-state index in [1.807, 2.05) is 0 Å². The van der Waals surface area contributed by atoms with Gasteiger partial charge >= 0.3 is 0 Å². The molecule has 0 spiro atoms. The molecule has 3 rings (SSSR count). The molecular formula is C65H105NO18. The molecule has 0 bridgehead atoms. The molecule has 3 saturated heterocycles. The molecular weight excluding hydrogens is 1080 g/mol. The molecule has 12 N–H and O–H groups in total. The van der Waals surface area contributed by atoms with Crippen molar-refractivity contribution in [3.63, 3.8) is 0 Å². The molecule has 3 aliphatic heterocycles. The smallest absolute Gasteiger partial charge is 0.220 e. The third kappa shape index (κ3) is 29.3. The van der Waals surface area contributed by atoms with Gasteiger partial charge in [0, 0.05) is 6.42 Å². The lowest BCUT2D eigenvalue weighted by Gasteiger charge is -2.48. The summed E-state index contributed by atoms with van der Waals surface area (Å²) in [6.45, 7) is 1.51. The minimum absolute atomic E-state index is 0.201. The summed E-state index contributed by atoms with van der Waals surface area (Å²) in [5.41, 5.74) is 0. The van der Waals surface area contributed by atoms with Crippen LogP contribution in [0.1, 0.15) is 149 Å². The van der Waals surface area contributed by atoms with Crippen molar-refractivity contribution in [2.45, 2.75) is 253 Å². The molecule has 84 heavy (non-hydrogen) atoms. The highest BCUT2D eigenvalue weighted by molar-refractivity contribution is 5.76. The highest BCUT2D eigenvalue weighted by Crippen LogP contribution is 2.33. The topological polar surface area (TPSA) is 307 Å². The maximum absolute atomic E-state index is 13.2. The second-order valence-electron chi connectivity index (χ2n) is 21.4. The van der Waals surface area contributed by atoms with Crippen LogP contribution in [-0.2, 0) is 33.2 Å². The van der Waals surface area contributed by atoms with E-state index in [1.54, 1.807) is 0 Å². The maximum atomic E-state index is 13.2. The summed E-state index contributed by atoms with van der Waals surface area (Å²) >= 11 is 0. The molecule has 478 valence electrons. The molecule has 19 heteroatoms. The normalized spacial score (nSPS) is 30.0. The number of hydrogen-bond acceptors (Lipinski definition) is 18. The van der Waals surface area contributed by atoms with Crippen molar-refractivity contribution >= 4 is 5.91 Å². The zero-order chi connectivity index (χ0) is 61.2. The van der Waals surface area contributed by atoms with Crippen molar-refractivity contribution in [3.05, 3.63) is 122 Å².